The molecule has 1 aromatic heterocycles. The van der Waals surface area contributed by atoms with Crippen molar-refractivity contribution in [3.05, 3.63) is 83.8 Å². The molecular weight excluding hydrogens is 258 g/mol. The van der Waals surface area contributed by atoms with Gasteiger partial charge in [-0.3, -0.25) is 0 Å². The maximum absolute atomic E-state index is 5.54. The molecule has 0 radical (unpaired) electrons. The van der Waals surface area contributed by atoms with E-state index in [-0.39, 0.29) is 0 Å². The van der Waals surface area contributed by atoms with E-state index in [0.29, 0.717) is 0 Å². The highest BCUT2D eigenvalue weighted by molar-refractivity contribution is 5.63. The van der Waals surface area contributed by atoms with Crippen molar-refractivity contribution in [2.45, 2.75) is 20.0 Å². The van der Waals surface area contributed by atoms with Crippen molar-refractivity contribution in [3.8, 4) is 11.1 Å². The van der Waals surface area contributed by atoms with Gasteiger partial charge in [0.25, 0.3) is 0 Å². The lowest BCUT2D eigenvalue weighted by molar-refractivity contribution is 0.462. The van der Waals surface area contributed by atoms with Crippen LogP contribution in [0.4, 0.5) is 0 Å². The lowest BCUT2D eigenvalue weighted by atomic mass is 10.0. The molecule has 21 heavy (non-hydrogen) atoms. The Bertz CT molecular complexity index is 683. The largest absolute Gasteiger partial charge is 0.465 e. The van der Waals surface area contributed by atoms with E-state index in [2.05, 4.69) is 53.8 Å². The van der Waals surface area contributed by atoms with Crippen LogP contribution in [0.5, 0.6) is 0 Å². The maximum atomic E-state index is 5.54. The standard InChI is InChI=1S/C19H19NO/c1-15-7-12-19(21-15)14-20-13-16-8-10-18(11-9-16)17-5-3-2-4-6-17/h2-12,20H,13-14H2,1H3. The van der Waals surface area contributed by atoms with Crippen LogP contribution in [0.1, 0.15) is 17.1 Å². The van der Waals surface area contributed by atoms with Gasteiger partial charge in [-0.25, -0.2) is 0 Å². The van der Waals surface area contributed by atoms with E-state index in [9.17, 15) is 0 Å². The second-order valence-corrected chi connectivity index (χ2v) is 5.18. The van der Waals surface area contributed by atoms with Gasteiger partial charge in [0, 0.05) is 6.54 Å². The normalized spacial score (nSPS) is 10.7. The molecular formula is C19H19NO. The third-order valence-corrected chi connectivity index (χ3v) is 3.49. The zero-order chi connectivity index (χ0) is 14.5. The summed E-state index contributed by atoms with van der Waals surface area (Å²) >= 11 is 0. The van der Waals surface area contributed by atoms with E-state index < -0.39 is 0 Å². The molecule has 0 saturated carbocycles. The number of nitrogens with one attached hydrogen (secondary N) is 1. The Morgan fingerprint density at radius 1 is 0.762 bits per heavy atom. The topological polar surface area (TPSA) is 25.2 Å². The van der Waals surface area contributed by atoms with Crippen molar-refractivity contribution in [1.29, 1.82) is 0 Å². The molecule has 0 bridgehead atoms. The minimum absolute atomic E-state index is 0.758. The number of rotatable bonds is 5. The average Bonchev–Trinajstić information content (AvgIpc) is 2.94. The summed E-state index contributed by atoms with van der Waals surface area (Å²) in [5.74, 6) is 1.94. The highest BCUT2D eigenvalue weighted by Gasteiger charge is 2.00. The molecule has 3 aromatic rings. The van der Waals surface area contributed by atoms with Gasteiger partial charge in [0.15, 0.2) is 0 Å². The van der Waals surface area contributed by atoms with Gasteiger partial charge in [0.05, 0.1) is 6.54 Å². The molecule has 0 unspecified atom stereocenters. The van der Waals surface area contributed by atoms with Crippen LogP contribution in [0.2, 0.25) is 0 Å². The van der Waals surface area contributed by atoms with Crippen LogP contribution >= 0.6 is 0 Å². The average molecular weight is 277 g/mol. The lowest BCUT2D eigenvalue weighted by Crippen LogP contribution is -2.11. The molecule has 0 aliphatic heterocycles. The molecule has 2 heteroatoms. The molecule has 0 aliphatic carbocycles. The molecule has 0 aliphatic rings. The zero-order valence-electron chi connectivity index (χ0n) is 12.2. The van der Waals surface area contributed by atoms with E-state index in [1.54, 1.807) is 0 Å². The van der Waals surface area contributed by atoms with Crippen molar-refractivity contribution in [1.82, 2.24) is 5.32 Å². The van der Waals surface area contributed by atoms with Crippen LogP contribution in [0.25, 0.3) is 11.1 Å². The summed E-state index contributed by atoms with van der Waals surface area (Å²) < 4.78 is 5.54. The molecule has 0 fully saturated rings. The Morgan fingerprint density at radius 2 is 1.48 bits per heavy atom. The summed E-state index contributed by atoms with van der Waals surface area (Å²) in [5, 5.41) is 3.40. The first-order valence-electron chi connectivity index (χ1n) is 7.22. The van der Waals surface area contributed by atoms with Crippen LogP contribution in [-0.4, -0.2) is 0 Å². The molecule has 1 heterocycles. The molecule has 2 nitrogen and oxygen atoms in total. The minimum atomic E-state index is 0.758. The highest BCUT2D eigenvalue weighted by atomic mass is 16.3. The molecule has 0 atom stereocenters. The van der Waals surface area contributed by atoms with E-state index in [4.69, 9.17) is 4.42 Å². The summed E-state index contributed by atoms with van der Waals surface area (Å²) in [7, 11) is 0. The van der Waals surface area contributed by atoms with E-state index >= 15 is 0 Å². The summed E-state index contributed by atoms with van der Waals surface area (Å²) in [6.07, 6.45) is 0. The third-order valence-electron chi connectivity index (χ3n) is 3.49. The predicted octanol–water partition coefficient (Wildman–Crippen LogP) is 4.54. The third kappa shape index (κ3) is 3.61. The Morgan fingerprint density at radius 3 is 2.14 bits per heavy atom. The summed E-state index contributed by atoms with van der Waals surface area (Å²) in [5.41, 5.74) is 3.78. The van der Waals surface area contributed by atoms with E-state index in [0.717, 1.165) is 24.6 Å². The van der Waals surface area contributed by atoms with Crippen LogP contribution in [-0.2, 0) is 13.1 Å². The van der Waals surface area contributed by atoms with Gasteiger partial charge in [-0.15, -0.1) is 0 Å². The van der Waals surface area contributed by atoms with Gasteiger partial charge < -0.3 is 9.73 Å². The molecule has 3 rings (SSSR count). The van der Waals surface area contributed by atoms with Gasteiger partial charge in [0.1, 0.15) is 11.5 Å². The van der Waals surface area contributed by atoms with Gasteiger partial charge >= 0.3 is 0 Å². The van der Waals surface area contributed by atoms with Gasteiger partial charge in [0.2, 0.25) is 0 Å². The summed E-state index contributed by atoms with van der Waals surface area (Å²) in [6.45, 7) is 3.56. The molecule has 2 aromatic carbocycles. The van der Waals surface area contributed by atoms with E-state index in [1.807, 2.05) is 25.1 Å². The lowest BCUT2D eigenvalue weighted by Gasteiger charge is -2.05. The molecule has 0 amide bonds. The highest BCUT2D eigenvalue weighted by Crippen LogP contribution is 2.19. The van der Waals surface area contributed by atoms with Crippen molar-refractivity contribution in [2.75, 3.05) is 0 Å². The second kappa shape index (κ2) is 6.42. The first kappa shape index (κ1) is 13.7. The van der Waals surface area contributed by atoms with Crippen LogP contribution in [0.15, 0.2) is 71.1 Å². The van der Waals surface area contributed by atoms with Crippen molar-refractivity contribution < 1.29 is 4.42 Å². The second-order valence-electron chi connectivity index (χ2n) is 5.18. The first-order valence-corrected chi connectivity index (χ1v) is 7.22. The van der Waals surface area contributed by atoms with Crippen LogP contribution in [0, 0.1) is 6.92 Å². The van der Waals surface area contributed by atoms with Gasteiger partial charge in [-0.1, -0.05) is 54.6 Å². The van der Waals surface area contributed by atoms with Gasteiger partial charge in [-0.2, -0.15) is 0 Å². The fraction of sp³-hybridized carbons (Fsp3) is 0.158. The summed E-state index contributed by atoms with van der Waals surface area (Å²) in [6, 6.07) is 23.1. The molecule has 106 valence electrons. The fourth-order valence-corrected chi connectivity index (χ4v) is 2.36. The molecule has 0 spiro atoms. The zero-order valence-corrected chi connectivity index (χ0v) is 12.2. The van der Waals surface area contributed by atoms with Crippen molar-refractivity contribution >= 4 is 0 Å². The monoisotopic (exact) mass is 277 g/mol. The molecule has 1 N–H and O–H groups in total. The first-order chi connectivity index (χ1) is 10.3. The SMILES string of the molecule is Cc1ccc(CNCc2ccc(-c3ccccc3)cc2)o1. The van der Waals surface area contributed by atoms with Crippen molar-refractivity contribution in [3.63, 3.8) is 0 Å². The number of hydrogen-bond donors (Lipinski definition) is 1. The van der Waals surface area contributed by atoms with Gasteiger partial charge in [-0.05, 0) is 35.7 Å². The Labute approximate surface area is 125 Å². The summed E-state index contributed by atoms with van der Waals surface area (Å²) in [4.78, 5) is 0. The predicted molar refractivity (Wildman–Crippen MR) is 85.9 cm³/mol. The Kier molecular flexibility index (Phi) is 4.17. The Balaban J connectivity index is 1.57. The minimum Gasteiger partial charge on any atom is -0.465 e. The maximum Gasteiger partial charge on any atom is 0.117 e. The smallest absolute Gasteiger partial charge is 0.117 e. The number of aryl methyl sites for hydroxylation is 1. The number of furan rings is 1. The molecule has 0 saturated heterocycles. The fourth-order valence-electron chi connectivity index (χ4n) is 2.36. The van der Waals surface area contributed by atoms with Crippen molar-refractivity contribution in [2.24, 2.45) is 0 Å². The number of benzene rings is 2. The van der Waals surface area contributed by atoms with Crippen LogP contribution in [0.3, 0.4) is 0 Å². The quantitative estimate of drug-likeness (QED) is 0.740. The van der Waals surface area contributed by atoms with Crippen LogP contribution < -0.4 is 5.32 Å². The number of hydrogen-bond acceptors (Lipinski definition) is 2. The van der Waals surface area contributed by atoms with E-state index in [1.165, 1.54) is 16.7 Å². The Hall–Kier alpha value is -2.32.